The van der Waals surface area contributed by atoms with Gasteiger partial charge in [-0.1, -0.05) is 11.9 Å². The maximum Gasteiger partial charge on any atom is 0.302 e. The van der Waals surface area contributed by atoms with Crippen LogP contribution in [0, 0.1) is 12.5 Å². The molecule has 23 heavy (non-hydrogen) atoms. The van der Waals surface area contributed by atoms with Crippen molar-refractivity contribution in [2.45, 2.75) is 19.4 Å². The van der Waals surface area contributed by atoms with Gasteiger partial charge in [-0.2, -0.15) is 0 Å². The van der Waals surface area contributed by atoms with Crippen molar-refractivity contribution >= 4 is 22.8 Å². The molecule has 0 spiro atoms. The molecule has 0 aliphatic carbocycles. The van der Waals surface area contributed by atoms with E-state index in [-0.39, 0.29) is 18.5 Å². The van der Waals surface area contributed by atoms with Crippen molar-refractivity contribution in [1.29, 1.82) is 0 Å². The molecule has 1 saturated heterocycles. The number of amides is 1. The van der Waals surface area contributed by atoms with E-state index < -0.39 is 0 Å². The number of anilines is 1. The van der Waals surface area contributed by atoms with Crippen LogP contribution in [-0.4, -0.2) is 53.5 Å². The number of aromatic amines is 2. The van der Waals surface area contributed by atoms with E-state index in [0.29, 0.717) is 30.7 Å². The summed E-state index contributed by atoms with van der Waals surface area (Å²) in [5.74, 6) is 1.11. The Morgan fingerprint density at radius 1 is 1.74 bits per heavy atom. The summed E-state index contributed by atoms with van der Waals surface area (Å²) in [6.45, 7) is 10.3. The predicted molar refractivity (Wildman–Crippen MR) is 86.7 cm³/mol. The number of carbonyl (C=O) groups is 1. The lowest BCUT2D eigenvalue weighted by Crippen LogP contribution is -2.54. The number of fused-ring (bicyclic) bond motifs is 1. The fraction of sp³-hybridized carbons (Fsp3) is 0.500. The van der Waals surface area contributed by atoms with Gasteiger partial charge in [0.05, 0.1) is 21.0 Å². The number of nitrogens with zero attached hydrogens (tertiary/aromatic N) is 4. The van der Waals surface area contributed by atoms with E-state index in [1.807, 2.05) is 7.05 Å². The summed E-state index contributed by atoms with van der Waals surface area (Å²) in [6, 6.07) is 0.505. The highest BCUT2D eigenvalue weighted by molar-refractivity contribution is 5.85. The second kappa shape index (κ2) is 6.24. The summed E-state index contributed by atoms with van der Waals surface area (Å²) in [6.07, 6.45) is 4.13. The minimum absolute atomic E-state index is 0.0921. The van der Waals surface area contributed by atoms with Crippen LogP contribution in [0.2, 0.25) is 0 Å². The normalized spacial score (nSPS) is 21.8. The highest BCUT2D eigenvalue weighted by Crippen LogP contribution is 2.27. The highest BCUT2D eigenvalue weighted by atomic mass is 16.2. The van der Waals surface area contributed by atoms with Gasteiger partial charge < -0.3 is 14.7 Å². The smallest absolute Gasteiger partial charge is 0.302 e. The van der Waals surface area contributed by atoms with E-state index in [0.717, 1.165) is 17.6 Å². The molecule has 1 amide bonds. The first-order chi connectivity index (χ1) is 11.5. The summed E-state index contributed by atoms with van der Waals surface area (Å²) in [4.78, 5) is 29.5. The molecule has 1 aliphatic heterocycles. The van der Waals surface area contributed by atoms with Crippen LogP contribution in [0.1, 0.15) is 14.7 Å². The number of hydrogen-bond acceptors (Lipinski definition) is 3. The van der Waals surface area contributed by atoms with Gasteiger partial charge in [0.25, 0.3) is 6.54 Å². The van der Waals surface area contributed by atoms with E-state index in [1.165, 1.54) is 0 Å². The van der Waals surface area contributed by atoms with Crippen molar-refractivity contribution in [3.05, 3.63) is 30.0 Å². The topological polar surface area (TPSA) is 70.7 Å². The van der Waals surface area contributed by atoms with Gasteiger partial charge in [0.1, 0.15) is 5.39 Å². The van der Waals surface area contributed by atoms with Gasteiger partial charge in [-0.15, -0.1) is 0 Å². The zero-order valence-electron chi connectivity index (χ0n) is 14.3. The number of carbonyl (C=O) groups excluding carboxylic acids is 1. The van der Waals surface area contributed by atoms with Crippen molar-refractivity contribution < 1.29 is 11.1 Å². The first-order valence-electron chi connectivity index (χ1n) is 8.21. The first-order valence-corrected chi connectivity index (χ1v) is 7.71. The molecule has 7 heteroatoms. The maximum absolute atomic E-state index is 12.1. The van der Waals surface area contributed by atoms with E-state index in [4.69, 9.17) is 7.94 Å². The summed E-state index contributed by atoms with van der Waals surface area (Å²) in [7, 11) is 1.97. The van der Waals surface area contributed by atoms with Crippen LogP contribution >= 0.6 is 0 Å². The summed E-state index contributed by atoms with van der Waals surface area (Å²) >= 11 is 0. The molecule has 2 N–H and O–H groups in total. The lowest BCUT2D eigenvalue weighted by Gasteiger charge is -2.39. The van der Waals surface area contributed by atoms with Gasteiger partial charge in [0.2, 0.25) is 17.8 Å². The fourth-order valence-electron chi connectivity index (χ4n) is 3.22. The standard InChI is InChI=1S/C16H20N6O/c1-11-5-7-22(14(23)8-17-2)9-13(11)21(3)16-12-4-6-18-15(12)19-10-20-16/h4,6,10-11,13H,5,7-9H2,1,3H3,(H,18,19,20)/p+1/t11-,13+/m1/s1/i4D. The summed E-state index contributed by atoms with van der Waals surface area (Å²) < 4.78 is 8.09. The predicted octanol–water partition coefficient (Wildman–Crippen LogP) is 0.969. The van der Waals surface area contributed by atoms with Gasteiger partial charge in [-0.3, -0.25) is 9.69 Å². The van der Waals surface area contributed by atoms with Gasteiger partial charge in [0.15, 0.2) is 0 Å². The molecule has 0 radical (unpaired) electrons. The average molecular weight is 314 g/mol. The van der Waals surface area contributed by atoms with Crippen molar-refractivity contribution in [2.75, 3.05) is 31.6 Å². The first kappa shape index (κ1) is 14.0. The van der Waals surface area contributed by atoms with Crippen LogP contribution < -0.4 is 9.88 Å². The van der Waals surface area contributed by atoms with E-state index in [1.54, 1.807) is 17.4 Å². The largest absolute Gasteiger partial charge is 0.333 e. The molecular formula is C16H21N6O+. The number of likely N-dealkylation sites (tertiary alicyclic amines) is 1. The zero-order valence-corrected chi connectivity index (χ0v) is 13.3. The summed E-state index contributed by atoms with van der Waals surface area (Å²) in [5, 5.41) is 0.747. The second-order valence-electron chi connectivity index (χ2n) is 6.01. The number of aromatic nitrogens is 3. The number of hydrogen-bond donors (Lipinski definition) is 1. The molecule has 0 aromatic carbocycles. The van der Waals surface area contributed by atoms with Crippen LogP contribution in [0.3, 0.4) is 0 Å². The van der Waals surface area contributed by atoms with Crippen LogP contribution in [0.4, 0.5) is 5.82 Å². The SMILES string of the molecule is [2H]c1c[nH]c2nc[nH+]c(N(C)[C@H]3CN(C(=O)C[N+]#[C-])CC[C@H]3C)c12. The Morgan fingerprint density at radius 2 is 2.57 bits per heavy atom. The van der Waals surface area contributed by atoms with Crippen molar-refractivity contribution in [3.63, 3.8) is 0 Å². The second-order valence-corrected chi connectivity index (χ2v) is 6.01. The molecule has 1 aliphatic rings. The zero-order chi connectivity index (χ0) is 17.3. The number of rotatable bonds is 3. The number of H-pyrrole nitrogens is 2. The quantitative estimate of drug-likeness (QED) is 0.858. The molecule has 2 aromatic heterocycles. The van der Waals surface area contributed by atoms with Crippen LogP contribution in [0.25, 0.3) is 15.9 Å². The van der Waals surface area contributed by atoms with Crippen molar-refractivity contribution in [2.24, 2.45) is 5.92 Å². The molecular weight excluding hydrogens is 292 g/mol. The maximum atomic E-state index is 12.1. The third kappa shape index (κ3) is 2.84. The number of nitrogens with one attached hydrogen (secondary N) is 2. The lowest BCUT2D eigenvalue weighted by atomic mass is 9.92. The van der Waals surface area contributed by atoms with Gasteiger partial charge in [-0.05, 0) is 18.4 Å². The van der Waals surface area contributed by atoms with E-state index >= 15 is 0 Å². The van der Waals surface area contributed by atoms with Crippen LogP contribution in [0.15, 0.2) is 18.6 Å². The molecule has 0 bridgehead atoms. The Hall–Kier alpha value is -2.62. The Labute approximate surface area is 136 Å². The third-order valence-electron chi connectivity index (χ3n) is 4.63. The number of piperidine rings is 1. The van der Waals surface area contributed by atoms with Gasteiger partial charge in [0, 0.05) is 12.7 Å². The average Bonchev–Trinajstić information content (AvgIpc) is 2.96. The monoisotopic (exact) mass is 314 g/mol. The summed E-state index contributed by atoms with van der Waals surface area (Å²) in [5.41, 5.74) is 0.671. The highest BCUT2D eigenvalue weighted by Gasteiger charge is 2.35. The molecule has 3 heterocycles. The van der Waals surface area contributed by atoms with Crippen molar-refractivity contribution in [1.82, 2.24) is 14.9 Å². The third-order valence-corrected chi connectivity index (χ3v) is 4.63. The van der Waals surface area contributed by atoms with Gasteiger partial charge >= 0.3 is 5.91 Å². The van der Waals surface area contributed by atoms with Crippen LogP contribution in [-0.2, 0) is 4.79 Å². The molecule has 7 nitrogen and oxygen atoms in total. The molecule has 0 saturated carbocycles. The van der Waals surface area contributed by atoms with E-state index in [9.17, 15) is 4.79 Å². The molecule has 2 atom stereocenters. The lowest BCUT2D eigenvalue weighted by molar-refractivity contribution is -0.367. The molecule has 0 unspecified atom stereocenters. The fourth-order valence-corrected chi connectivity index (χ4v) is 3.22. The minimum Gasteiger partial charge on any atom is -0.333 e. The Morgan fingerprint density at radius 3 is 3.35 bits per heavy atom. The van der Waals surface area contributed by atoms with Crippen molar-refractivity contribution in [3.8, 4) is 0 Å². The Balaban J connectivity index is 1.89. The van der Waals surface area contributed by atoms with Crippen LogP contribution in [0.5, 0.6) is 0 Å². The Bertz CT molecular complexity index is 797. The minimum atomic E-state index is -0.109. The van der Waals surface area contributed by atoms with Gasteiger partial charge in [-0.25, -0.2) is 11.6 Å². The molecule has 3 rings (SSSR count). The molecule has 2 aromatic rings. The molecule has 1 fully saturated rings. The Kier molecular flexibility index (Phi) is 3.80. The number of likely N-dealkylation sites (N-methyl/N-ethyl adjacent to an activating group) is 1. The van der Waals surface area contributed by atoms with E-state index in [2.05, 4.69) is 31.6 Å². The molecule has 120 valence electrons.